The Hall–Kier alpha value is -0.450. The second kappa shape index (κ2) is 7.22. The summed E-state index contributed by atoms with van der Waals surface area (Å²) < 4.78 is 27.0. The highest BCUT2D eigenvalue weighted by molar-refractivity contribution is 8.13. The fourth-order valence-electron chi connectivity index (χ4n) is 1.51. The van der Waals surface area contributed by atoms with E-state index in [2.05, 4.69) is 0 Å². The lowest BCUT2D eigenvalue weighted by Gasteiger charge is -2.08. The zero-order valence-electron chi connectivity index (χ0n) is 10.2. The molecule has 3 nitrogen and oxygen atoms in total. The number of aryl methyl sites for hydroxylation is 1. The molecule has 0 N–H and O–H groups in total. The smallest absolute Gasteiger partial charge is 0.232 e. The quantitative estimate of drug-likeness (QED) is 0.569. The minimum atomic E-state index is -3.36. The molecule has 0 unspecified atom stereocenters. The van der Waals surface area contributed by atoms with E-state index in [-0.39, 0.29) is 5.75 Å². The number of unbranched alkanes of at least 4 members (excludes halogenated alkanes) is 2. The molecule has 0 aliphatic carbocycles. The molecule has 1 rings (SSSR count). The third-order valence-corrected chi connectivity index (χ3v) is 3.90. The number of halogens is 2. The minimum absolute atomic E-state index is 0.0223. The first-order chi connectivity index (χ1) is 8.38. The number of benzene rings is 1. The lowest BCUT2D eigenvalue weighted by molar-refractivity contribution is 0.304. The average Bonchev–Trinajstić information content (AvgIpc) is 2.24. The fraction of sp³-hybridized carbons (Fsp3) is 0.500. The molecule has 6 heteroatoms. The normalized spacial score (nSPS) is 11.5. The van der Waals surface area contributed by atoms with Crippen LogP contribution in [0, 0.1) is 6.92 Å². The maximum atomic E-state index is 10.7. The SMILES string of the molecule is Cc1cc(Cl)ccc1OCCCCCS(=O)(=O)Cl. The van der Waals surface area contributed by atoms with Crippen molar-refractivity contribution in [2.24, 2.45) is 0 Å². The summed E-state index contributed by atoms with van der Waals surface area (Å²) in [5, 5.41) is 0.687. The van der Waals surface area contributed by atoms with Crippen molar-refractivity contribution in [2.75, 3.05) is 12.4 Å². The van der Waals surface area contributed by atoms with Gasteiger partial charge in [0, 0.05) is 15.7 Å². The summed E-state index contributed by atoms with van der Waals surface area (Å²) in [5.41, 5.74) is 0.992. The highest BCUT2D eigenvalue weighted by atomic mass is 35.7. The molecular weight excluding hydrogens is 295 g/mol. The molecule has 1 aromatic rings. The summed E-state index contributed by atoms with van der Waals surface area (Å²) in [7, 11) is 1.75. The Kier molecular flexibility index (Phi) is 6.26. The van der Waals surface area contributed by atoms with Gasteiger partial charge in [0.25, 0.3) is 0 Å². The van der Waals surface area contributed by atoms with E-state index in [1.165, 1.54) is 0 Å². The molecule has 0 fully saturated rings. The van der Waals surface area contributed by atoms with Crippen molar-refractivity contribution < 1.29 is 13.2 Å². The minimum Gasteiger partial charge on any atom is -0.493 e. The maximum Gasteiger partial charge on any atom is 0.232 e. The Bertz CT molecular complexity index is 486. The predicted molar refractivity (Wildman–Crippen MR) is 75.2 cm³/mol. The van der Waals surface area contributed by atoms with Crippen molar-refractivity contribution in [3.8, 4) is 5.75 Å². The number of ether oxygens (including phenoxy) is 1. The van der Waals surface area contributed by atoms with Crippen LogP contribution in [-0.2, 0) is 9.05 Å². The summed E-state index contributed by atoms with van der Waals surface area (Å²) in [6, 6.07) is 5.46. The molecule has 0 bridgehead atoms. The number of hydrogen-bond acceptors (Lipinski definition) is 3. The maximum absolute atomic E-state index is 10.7. The van der Waals surface area contributed by atoms with Gasteiger partial charge in [-0.1, -0.05) is 11.6 Å². The molecule has 0 heterocycles. The van der Waals surface area contributed by atoms with Crippen LogP contribution in [-0.4, -0.2) is 20.8 Å². The van der Waals surface area contributed by atoms with E-state index in [1.54, 1.807) is 6.07 Å². The molecular formula is C12H16Cl2O3S. The van der Waals surface area contributed by atoms with E-state index in [9.17, 15) is 8.42 Å². The zero-order valence-corrected chi connectivity index (χ0v) is 12.5. The summed E-state index contributed by atoms with van der Waals surface area (Å²) in [5.74, 6) is 0.832. The van der Waals surface area contributed by atoms with E-state index in [1.807, 2.05) is 19.1 Å². The highest BCUT2D eigenvalue weighted by Gasteiger charge is 2.04. The van der Waals surface area contributed by atoms with Crippen molar-refractivity contribution >= 4 is 31.3 Å². The first-order valence-corrected chi connectivity index (χ1v) is 8.55. The van der Waals surface area contributed by atoms with Crippen LogP contribution < -0.4 is 4.74 Å². The highest BCUT2D eigenvalue weighted by Crippen LogP contribution is 2.22. The topological polar surface area (TPSA) is 43.4 Å². The van der Waals surface area contributed by atoms with E-state index < -0.39 is 9.05 Å². The standard InChI is InChI=1S/C12H16Cl2O3S/c1-10-9-11(13)5-6-12(10)17-7-3-2-4-8-18(14,15)16/h5-6,9H,2-4,7-8H2,1H3. The van der Waals surface area contributed by atoms with Gasteiger partial charge in [-0.15, -0.1) is 0 Å². The lowest BCUT2D eigenvalue weighted by Crippen LogP contribution is -2.01. The summed E-state index contributed by atoms with van der Waals surface area (Å²) >= 11 is 5.84. The van der Waals surface area contributed by atoms with Gasteiger partial charge in [0.05, 0.1) is 12.4 Å². The van der Waals surface area contributed by atoms with Crippen LogP contribution in [0.2, 0.25) is 5.02 Å². The molecule has 0 saturated heterocycles. The summed E-state index contributed by atoms with van der Waals surface area (Å²) in [6.45, 7) is 2.49. The number of hydrogen-bond donors (Lipinski definition) is 0. The van der Waals surface area contributed by atoms with E-state index >= 15 is 0 Å². The van der Waals surface area contributed by atoms with Gasteiger partial charge in [-0.2, -0.15) is 0 Å². The second-order valence-electron chi connectivity index (χ2n) is 4.06. The third-order valence-electron chi connectivity index (χ3n) is 2.43. The van der Waals surface area contributed by atoms with Crippen LogP contribution in [0.15, 0.2) is 18.2 Å². The molecule has 0 saturated carbocycles. The van der Waals surface area contributed by atoms with Crippen molar-refractivity contribution in [3.63, 3.8) is 0 Å². The van der Waals surface area contributed by atoms with E-state index in [0.29, 0.717) is 18.1 Å². The Morgan fingerprint density at radius 3 is 2.56 bits per heavy atom. The number of rotatable bonds is 7. The molecule has 0 radical (unpaired) electrons. The van der Waals surface area contributed by atoms with Gasteiger partial charge in [-0.3, -0.25) is 0 Å². The molecule has 0 aromatic heterocycles. The van der Waals surface area contributed by atoms with Crippen LogP contribution in [0.1, 0.15) is 24.8 Å². The van der Waals surface area contributed by atoms with Gasteiger partial charge in [0.1, 0.15) is 5.75 Å². The van der Waals surface area contributed by atoms with Crippen LogP contribution in [0.4, 0.5) is 0 Å². The van der Waals surface area contributed by atoms with Gasteiger partial charge in [0.2, 0.25) is 9.05 Å². The molecule has 0 aliphatic heterocycles. The van der Waals surface area contributed by atoms with Crippen LogP contribution in [0.3, 0.4) is 0 Å². The second-order valence-corrected chi connectivity index (χ2v) is 7.39. The molecule has 0 aliphatic rings. The largest absolute Gasteiger partial charge is 0.493 e. The monoisotopic (exact) mass is 310 g/mol. The summed E-state index contributed by atoms with van der Waals surface area (Å²) in [6.07, 6.45) is 2.14. The van der Waals surface area contributed by atoms with Gasteiger partial charge in [-0.25, -0.2) is 8.42 Å². The van der Waals surface area contributed by atoms with E-state index in [4.69, 9.17) is 27.0 Å². The average molecular weight is 311 g/mol. The van der Waals surface area contributed by atoms with Gasteiger partial charge < -0.3 is 4.74 Å². The predicted octanol–water partition coefficient (Wildman–Crippen LogP) is 3.77. The molecule has 18 heavy (non-hydrogen) atoms. The molecule has 0 spiro atoms. The van der Waals surface area contributed by atoms with Gasteiger partial charge in [0.15, 0.2) is 0 Å². The van der Waals surface area contributed by atoms with Crippen LogP contribution in [0.25, 0.3) is 0 Å². The fourth-order valence-corrected chi connectivity index (χ4v) is 2.61. The molecule has 102 valence electrons. The Morgan fingerprint density at radius 1 is 1.22 bits per heavy atom. The Balaban J connectivity index is 2.22. The first-order valence-electron chi connectivity index (χ1n) is 5.70. The van der Waals surface area contributed by atoms with Crippen molar-refractivity contribution in [1.82, 2.24) is 0 Å². The Morgan fingerprint density at radius 2 is 1.94 bits per heavy atom. The summed E-state index contributed by atoms with van der Waals surface area (Å²) in [4.78, 5) is 0. The third kappa shape index (κ3) is 6.47. The van der Waals surface area contributed by atoms with Crippen LogP contribution >= 0.6 is 22.3 Å². The van der Waals surface area contributed by atoms with E-state index in [0.717, 1.165) is 24.2 Å². The zero-order chi connectivity index (χ0) is 13.6. The molecule has 1 aromatic carbocycles. The van der Waals surface area contributed by atoms with Crippen molar-refractivity contribution in [3.05, 3.63) is 28.8 Å². The van der Waals surface area contributed by atoms with Crippen molar-refractivity contribution in [2.45, 2.75) is 26.2 Å². The van der Waals surface area contributed by atoms with Gasteiger partial charge >= 0.3 is 0 Å². The Labute approximate surface area is 117 Å². The molecule has 0 atom stereocenters. The van der Waals surface area contributed by atoms with Gasteiger partial charge in [-0.05, 0) is 49.9 Å². The van der Waals surface area contributed by atoms with Crippen molar-refractivity contribution in [1.29, 1.82) is 0 Å². The first kappa shape index (κ1) is 15.6. The molecule has 0 amide bonds. The van der Waals surface area contributed by atoms with Crippen LogP contribution in [0.5, 0.6) is 5.75 Å². The lowest BCUT2D eigenvalue weighted by atomic mass is 10.2.